The van der Waals surface area contributed by atoms with E-state index in [4.69, 9.17) is 5.11 Å². The molecule has 7 heteroatoms. The van der Waals surface area contributed by atoms with Crippen LogP contribution >= 0.6 is 11.8 Å². The Hall–Kier alpha value is -2.02. The highest BCUT2D eigenvalue weighted by Crippen LogP contribution is 2.25. The van der Waals surface area contributed by atoms with Gasteiger partial charge in [0.15, 0.2) is 17.3 Å². The van der Waals surface area contributed by atoms with Crippen molar-refractivity contribution in [1.29, 1.82) is 0 Å². The molecular formula is C11H11N3O3S. The fraction of sp³-hybridized carbons (Fsp3) is 0.182. The van der Waals surface area contributed by atoms with E-state index in [9.17, 15) is 9.90 Å². The molecule has 2 aromatic rings. The Morgan fingerprint density at radius 1 is 1.39 bits per heavy atom. The quantitative estimate of drug-likeness (QED) is 0.440. The number of aromatic amines is 1. The summed E-state index contributed by atoms with van der Waals surface area (Å²) in [6, 6.07) is 3.98. The summed E-state index contributed by atoms with van der Waals surface area (Å²) in [6.45, 7) is 1.77. The number of hydrogen-bond acceptors (Lipinski definition) is 6. The number of rotatable bonds is 4. The Morgan fingerprint density at radius 2 is 2.17 bits per heavy atom. The van der Waals surface area contributed by atoms with Gasteiger partial charge in [0.25, 0.3) is 0 Å². The molecule has 18 heavy (non-hydrogen) atoms. The molecule has 3 N–H and O–H groups in total. The van der Waals surface area contributed by atoms with Gasteiger partial charge in [0.1, 0.15) is 5.82 Å². The maximum Gasteiger partial charge on any atom is 0.208 e. The Kier molecular flexibility index (Phi) is 3.52. The predicted octanol–water partition coefficient (Wildman–Crippen LogP) is 1.50. The van der Waals surface area contributed by atoms with E-state index >= 15 is 0 Å². The number of phenolic OH excluding ortho intramolecular Hbond substituents is 2. The van der Waals surface area contributed by atoms with Crippen molar-refractivity contribution in [2.24, 2.45) is 0 Å². The van der Waals surface area contributed by atoms with Gasteiger partial charge in [-0.2, -0.15) is 0 Å². The van der Waals surface area contributed by atoms with Crippen molar-refractivity contribution in [3.8, 4) is 11.5 Å². The molecule has 94 valence electrons. The predicted molar refractivity (Wildman–Crippen MR) is 65.9 cm³/mol. The van der Waals surface area contributed by atoms with Gasteiger partial charge in [-0.25, -0.2) is 4.98 Å². The van der Waals surface area contributed by atoms with Crippen LogP contribution in [0.15, 0.2) is 23.4 Å². The molecule has 0 radical (unpaired) electrons. The van der Waals surface area contributed by atoms with Gasteiger partial charge < -0.3 is 10.2 Å². The summed E-state index contributed by atoms with van der Waals surface area (Å²) in [4.78, 5) is 15.9. The van der Waals surface area contributed by atoms with Crippen LogP contribution in [0.5, 0.6) is 11.5 Å². The lowest BCUT2D eigenvalue weighted by Gasteiger charge is -2.01. The highest BCUT2D eigenvalue weighted by atomic mass is 32.2. The number of aryl methyl sites for hydroxylation is 1. The van der Waals surface area contributed by atoms with Gasteiger partial charge in [0.2, 0.25) is 5.16 Å². The number of carbonyl (C=O) groups is 1. The van der Waals surface area contributed by atoms with Gasteiger partial charge in [-0.3, -0.25) is 9.89 Å². The first-order valence-electron chi connectivity index (χ1n) is 5.13. The molecule has 0 saturated heterocycles. The summed E-state index contributed by atoms with van der Waals surface area (Å²) >= 11 is 1.21. The van der Waals surface area contributed by atoms with Crippen molar-refractivity contribution >= 4 is 17.5 Å². The van der Waals surface area contributed by atoms with Gasteiger partial charge >= 0.3 is 0 Å². The third-order valence-corrected chi connectivity index (χ3v) is 3.05. The number of Topliss-reactive ketones (excluding diaryl/α,β-unsaturated/α-hetero) is 1. The second kappa shape index (κ2) is 5.09. The Balaban J connectivity index is 2.01. The van der Waals surface area contributed by atoms with Crippen LogP contribution in [0.25, 0.3) is 0 Å². The fourth-order valence-electron chi connectivity index (χ4n) is 1.30. The van der Waals surface area contributed by atoms with E-state index in [1.54, 1.807) is 6.92 Å². The second-order valence-corrected chi connectivity index (χ2v) is 4.56. The van der Waals surface area contributed by atoms with E-state index in [2.05, 4.69) is 15.2 Å². The molecule has 0 spiro atoms. The monoisotopic (exact) mass is 265 g/mol. The van der Waals surface area contributed by atoms with Gasteiger partial charge in [0, 0.05) is 5.56 Å². The van der Waals surface area contributed by atoms with Crippen LogP contribution in [0.3, 0.4) is 0 Å². The Labute approximate surface area is 107 Å². The van der Waals surface area contributed by atoms with Crippen LogP contribution in [-0.2, 0) is 0 Å². The molecule has 0 bridgehead atoms. The second-order valence-electron chi connectivity index (χ2n) is 3.62. The van der Waals surface area contributed by atoms with Crippen LogP contribution in [0.4, 0.5) is 0 Å². The van der Waals surface area contributed by atoms with E-state index in [1.165, 1.54) is 30.0 Å². The summed E-state index contributed by atoms with van der Waals surface area (Å²) in [5.74, 6) is 0.134. The van der Waals surface area contributed by atoms with Crippen molar-refractivity contribution in [3.63, 3.8) is 0 Å². The molecule has 0 atom stereocenters. The van der Waals surface area contributed by atoms with Gasteiger partial charge in [-0.15, -0.1) is 5.10 Å². The summed E-state index contributed by atoms with van der Waals surface area (Å²) in [5.41, 5.74) is 0.338. The minimum Gasteiger partial charge on any atom is -0.504 e. The van der Waals surface area contributed by atoms with Crippen molar-refractivity contribution < 1.29 is 15.0 Å². The lowest BCUT2D eigenvalue weighted by atomic mass is 10.1. The van der Waals surface area contributed by atoms with Gasteiger partial charge in [-0.1, -0.05) is 11.8 Å². The van der Waals surface area contributed by atoms with Crippen molar-refractivity contribution in [2.45, 2.75) is 12.1 Å². The van der Waals surface area contributed by atoms with Crippen LogP contribution in [0, 0.1) is 6.92 Å². The number of hydrogen-bond donors (Lipinski definition) is 3. The Bertz CT molecular complexity index is 583. The van der Waals surface area contributed by atoms with E-state index < -0.39 is 0 Å². The van der Waals surface area contributed by atoms with Crippen molar-refractivity contribution in [1.82, 2.24) is 15.2 Å². The maximum atomic E-state index is 11.8. The SMILES string of the molecule is Cc1nc(SCC(=O)c2ccc(O)c(O)c2)n[nH]1. The normalized spacial score (nSPS) is 10.5. The number of H-pyrrole nitrogens is 1. The smallest absolute Gasteiger partial charge is 0.208 e. The van der Waals surface area contributed by atoms with Gasteiger partial charge in [-0.05, 0) is 25.1 Å². The molecule has 0 amide bonds. The van der Waals surface area contributed by atoms with Crippen LogP contribution < -0.4 is 0 Å². The van der Waals surface area contributed by atoms with E-state index in [-0.39, 0.29) is 23.0 Å². The summed E-state index contributed by atoms with van der Waals surface area (Å²) in [6.07, 6.45) is 0. The van der Waals surface area contributed by atoms with Crippen LogP contribution in [0.1, 0.15) is 16.2 Å². The first-order chi connectivity index (χ1) is 8.56. The molecule has 0 aliphatic rings. The van der Waals surface area contributed by atoms with Crippen LogP contribution in [-0.4, -0.2) is 36.9 Å². The summed E-state index contributed by atoms with van der Waals surface area (Å²) in [7, 11) is 0. The fourth-order valence-corrected chi connectivity index (χ4v) is 2.04. The molecule has 2 rings (SSSR count). The molecule has 1 aromatic carbocycles. The third kappa shape index (κ3) is 2.80. The zero-order valence-corrected chi connectivity index (χ0v) is 10.4. The number of nitrogens with zero attached hydrogens (tertiary/aromatic N) is 2. The number of phenols is 2. The minimum atomic E-state index is -0.306. The lowest BCUT2D eigenvalue weighted by molar-refractivity contribution is 0.102. The van der Waals surface area contributed by atoms with E-state index in [0.717, 1.165) is 0 Å². The molecule has 1 aromatic heterocycles. The topological polar surface area (TPSA) is 99.1 Å². The van der Waals surface area contributed by atoms with E-state index in [0.29, 0.717) is 16.5 Å². The number of aromatic nitrogens is 3. The number of ketones is 1. The lowest BCUT2D eigenvalue weighted by Crippen LogP contribution is -2.02. The largest absolute Gasteiger partial charge is 0.504 e. The van der Waals surface area contributed by atoms with E-state index in [1.807, 2.05) is 0 Å². The maximum absolute atomic E-state index is 11.8. The number of thioether (sulfide) groups is 1. The number of aromatic hydroxyl groups is 2. The first-order valence-corrected chi connectivity index (χ1v) is 6.12. The standard InChI is InChI=1S/C11H11N3O3S/c1-6-12-11(14-13-6)18-5-10(17)7-2-3-8(15)9(16)4-7/h2-4,15-16H,5H2,1H3,(H,12,13,14). The first kappa shape index (κ1) is 12.4. The molecule has 6 nitrogen and oxygen atoms in total. The summed E-state index contributed by atoms with van der Waals surface area (Å²) in [5, 5.41) is 25.5. The van der Waals surface area contributed by atoms with Crippen molar-refractivity contribution in [3.05, 3.63) is 29.6 Å². The third-order valence-electron chi connectivity index (χ3n) is 2.21. The molecule has 0 saturated carbocycles. The van der Waals surface area contributed by atoms with Crippen LogP contribution in [0.2, 0.25) is 0 Å². The van der Waals surface area contributed by atoms with Crippen molar-refractivity contribution in [2.75, 3.05) is 5.75 Å². The molecule has 0 aliphatic heterocycles. The molecule has 0 aliphatic carbocycles. The minimum absolute atomic E-state index is 0.168. The Morgan fingerprint density at radius 3 is 2.78 bits per heavy atom. The number of nitrogens with one attached hydrogen (secondary N) is 1. The average Bonchev–Trinajstić information content (AvgIpc) is 2.75. The number of benzene rings is 1. The highest BCUT2D eigenvalue weighted by molar-refractivity contribution is 7.99. The zero-order chi connectivity index (χ0) is 13.1. The molecule has 0 unspecified atom stereocenters. The molecule has 1 heterocycles. The zero-order valence-electron chi connectivity index (χ0n) is 9.54. The molecular weight excluding hydrogens is 254 g/mol. The highest BCUT2D eigenvalue weighted by Gasteiger charge is 2.11. The summed E-state index contributed by atoms with van der Waals surface area (Å²) < 4.78 is 0. The molecule has 0 fully saturated rings. The average molecular weight is 265 g/mol. The number of carbonyl (C=O) groups excluding carboxylic acids is 1. The van der Waals surface area contributed by atoms with Gasteiger partial charge in [0.05, 0.1) is 5.75 Å².